The van der Waals surface area contributed by atoms with E-state index >= 15 is 0 Å². The zero-order valence-corrected chi connectivity index (χ0v) is 11.9. The van der Waals surface area contributed by atoms with Crippen molar-refractivity contribution >= 4 is 33.4 Å². The second kappa shape index (κ2) is 5.49. The molecule has 0 bridgehead atoms. The first-order valence-corrected chi connectivity index (χ1v) is 6.30. The minimum atomic E-state index is -0.138. The van der Waals surface area contributed by atoms with Crippen molar-refractivity contribution in [1.82, 2.24) is 20.1 Å². The molecule has 0 aliphatic carbocycles. The smallest absolute Gasteiger partial charge is 0.255 e. The first-order valence-electron chi connectivity index (χ1n) is 5.12. The zero-order valence-electron chi connectivity index (χ0n) is 9.52. The number of H-pyrrole nitrogens is 1. The number of aromatic amines is 1. The van der Waals surface area contributed by atoms with E-state index in [0.29, 0.717) is 27.4 Å². The SMILES string of the molecule is CN(Cc1ncn[nH]1)C(=O)c1cc(Cl)ccc1Br. The number of carbonyl (C=O) groups excluding carboxylic acids is 1. The molecule has 1 N–H and O–H groups in total. The van der Waals surface area contributed by atoms with E-state index in [2.05, 4.69) is 31.1 Å². The molecule has 7 heteroatoms. The van der Waals surface area contributed by atoms with E-state index in [-0.39, 0.29) is 5.91 Å². The fourth-order valence-corrected chi connectivity index (χ4v) is 2.06. The molecule has 18 heavy (non-hydrogen) atoms. The van der Waals surface area contributed by atoms with Gasteiger partial charge in [0.2, 0.25) is 0 Å². The normalized spacial score (nSPS) is 10.4. The summed E-state index contributed by atoms with van der Waals surface area (Å²) in [5, 5.41) is 6.96. The van der Waals surface area contributed by atoms with Crippen LogP contribution in [-0.2, 0) is 6.54 Å². The highest BCUT2D eigenvalue weighted by Crippen LogP contribution is 2.22. The Labute approximate surface area is 117 Å². The van der Waals surface area contributed by atoms with Gasteiger partial charge >= 0.3 is 0 Å². The van der Waals surface area contributed by atoms with Gasteiger partial charge in [0.15, 0.2) is 0 Å². The van der Waals surface area contributed by atoms with Crippen molar-refractivity contribution in [3.05, 3.63) is 45.4 Å². The topological polar surface area (TPSA) is 61.9 Å². The van der Waals surface area contributed by atoms with Crippen molar-refractivity contribution in [2.24, 2.45) is 0 Å². The van der Waals surface area contributed by atoms with Gasteiger partial charge < -0.3 is 4.90 Å². The van der Waals surface area contributed by atoms with Gasteiger partial charge in [-0.15, -0.1) is 0 Å². The van der Waals surface area contributed by atoms with Crippen LogP contribution in [0.1, 0.15) is 16.2 Å². The number of nitrogens with zero attached hydrogens (tertiary/aromatic N) is 3. The number of rotatable bonds is 3. The lowest BCUT2D eigenvalue weighted by molar-refractivity contribution is 0.0781. The number of carbonyl (C=O) groups is 1. The zero-order chi connectivity index (χ0) is 13.1. The summed E-state index contributed by atoms with van der Waals surface area (Å²) >= 11 is 9.22. The Kier molecular flexibility index (Phi) is 3.98. The predicted octanol–water partition coefficient (Wildman–Crippen LogP) is 2.49. The maximum Gasteiger partial charge on any atom is 0.255 e. The van der Waals surface area contributed by atoms with Crippen molar-refractivity contribution in [3.8, 4) is 0 Å². The van der Waals surface area contributed by atoms with Crippen molar-refractivity contribution in [2.45, 2.75) is 6.54 Å². The molecular formula is C11H10BrClN4O. The molecule has 0 fully saturated rings. The van der Waals surface area contributed by atoms with Gasteiger partial charge in [0, 0.05) is 16.5 Å². The number of hydrogen-bond donors (Lipinski definition) is 1. The van der Waals surface area contributed by atoms with Gasteiger partial charge in [0.25, 0.3) is 5.91 Å². The summed E-state index contributed by atoms with van der Waals surface area (Å²) in [6.45, 7) is 0.359. The number of amides is 1. The molecule has 1 heterocycles. The van der Waals surface area contributed by atoms with Gasteiger partial charge in [0.1, 0.15) is 12.2 Å². The van der Waals surface area contributed by atoms with E-state index in [4.69, 9.17) is 11.6 Å². The Morgan fingerprint density at radius 1 is 1.56 bits per heavy atom. The van der Waals surface area contributed by atoms with Crippen LogP contribution < -0.4 is 0 Å². The second-order valence-electron chi connectivity index (χ2n) is 3.72. The number of benzene rings is 1. The number of nitrogens with one attached hydrogen (secondary N) is 1. The fraction of sp³-hybridized carbons (Fsp3) is 0.182. The van der Waals surface area contributed by atoms with Gasteiger partial charge in [-0.05, 0) is 34.1 Å². The van der Waals surface area contributed by atoms with Crippen molar-refractivity contribution in [3.63, 3.8) is 0 Å². The third kappa shape index (κ3) is 2.88. The Balaban J connectivity index is 2.17. The monoisotopic (exact) mass is 328 g/mol. The fourth-order valence-electron chi connectivity index (χ4n) is 1.47. The van der Waals surface area contributed by atoms with E-state index < -0.39 is 0 Å². The molecule has 1 aromatic carbocycles. The van der Waals surface area contributed by atoms with Gasteiger partial charge in [-0.25, -0.2) is 4.98 Å². The summed E-state index contributed by atoms with van der Waals surface area (Å²) < 4.78 is 0.710. The molecular weight excluding hydrogens is 320 g/mol. The lowest BCUT2D eigenvalue weighted by Gasteiger charge is -2.16. The van der Waals surface area contributed by atoms with Crippen LogP contribution in [-0.4, -0.2) is 33.0 Å². The summed E-state index contributed by atoms with van der Waals surface area (Å²) in [7, 11) is 1.69. The molecule has 2 rings (SSSR count). The van der Waals surface area contributed by atoms with E-state index in [1.165, 1.54) is 11.2 Å². The number of hydrogen-bond acceptors (Lipinski definition) is 3. The van der Waals surface area contributed by atoms with Crippen molar-refractivity contribution < 1.29 is 4.79 Å². The largest absolute Gasteiger partial charge is 0.334 e. The molecule has 94 valence electrons. The third-order valence-corrected chi connectivity index (χ3v) is 3.28. The molecule has 0 atom stereocenters. The molecule has 0 saturated carbocycles. The lowest BCUT2D eigenvalue weighted by Crippen LogP contribution is -2.27. The molecule has 0 aliphatic rings. The van der Waals surface area contributed by atoms with Gasteiger partial charge in [-0.1, -0.05) is 11.6 Å². The number of halogens is 2. The lowest BCUT2D eigenvalue weighted by atomic mass is 10.2. The highest BCUT2D eigenvalue weighted by Gasteiger charge is 2.16. The van der Waals surface area contributed by atoms with Crippen LogP contribution in [0.2, 0.25) is 5.02 Å². The van der Waals surface area contributed by atoms with Gasteiger partial charge in [-0.3, -0.25) is 9.89 Å². The molecule has 0 aliphatic heterocycles. The van der Waals surface area contributed by atoms with Crippen LogP contribution in [0.4, 0.5) is 0 Å². The van der Waals surface area contributed by atoms with Crippen LogP contribution in [0.25, 0.3) is 0 Å². The van der Waals surface area contributed by atoms with Crippen molar-refractivity contribution in [1.29, 1.82) is 0 Å². The summed E-state index contributed by atoms with van der Waals surface area (Å²) in [6.07, 6.45) is 1.41. The van der Waals surface area contributed by atoms with Crippen LogP contribution in [0.5, 0.6) is 0 Å². The molecule has 1 amide bonds. The van der Waals surface area contributed by atoms with Gasteiger partial charge in [0.05, 0.1) is 12.1 Å². The minimum Gasteiger partial charge on any atom is -0.334 e. The van der Waals surface area contributed by atoms with Crippen LogP contribution in [0, 0.1) is 0 Å². The molecule has 5 nitrogen and oxygen atoms in total. The molecule has 2 aromatic rings. The second-order valence-corrected chi connectivity index (χ2v) is 5.01. The average Bonchev–Trinajstić information content (AvgIpc) is 2.84. The minimum absolute atomic E-state index is 0.138. The predicted molar refractivity (Wildman–Crippen MR) is 71.3 cm³/mol. The van der Waals surface area contributed by atoms with Crippen LogP contribution in [0.3, 0.4) is 0 Å². The average molecular weight is 330 g/mol. The Morgan fingerprint density at radius 3 is 3.00 bits per heavy atom. The van der Waals surface area contributed by atoms with Crippen LogP contribution >= 0.6 is 27.5 Å². The Bertz CT molecular complexity index is 558. The molecule has 0 spiro atoms. The van der Waals surface area contributed by atoms with E-state index in [1.807, 2.05) is 0 Å². The highest BCUT2D eigenvalue weighted by molar-refractivity contribution is 9.10. The number of aromatic nitrogens is 3. The summed E-state index contributed by atoms with van der Waals surface area (Å²) in [5.74, 6) is 0.491. The van der Waals surface area contributed by atoms with E-state index in [9.17, 15) is 4.79 Å². The first-order chi connectivity index (χ1) is 8.58. The Hall–Kier alpha value is -1.40. The summed E-state index contributed by atoms with van der Waals surface area (Å²) in [6, 6.07) is 5.10. The Morgan fingerprint density at radius 2 is 2.33 bits per heavy atom. The molecule has 0 radical (unpaired) electrons. The summed E-state index contributed by atoms with van der Waals surface area (Å²) in [4.78, 5) is 17.7. The maximum absolute atomic E-state index is 12.2. The first kappa shape index (κ1) is 13.0. The standard InChI is InChI=1S/C11H10BrClN4O/c1-17(5-10-14-6-15-16-10)11(18)8-4-7(13)2-3-9(8)12/h2-4,6H,5H2,1H3,(H,14,15,16). The third-order valence-electron chi connectivity index (χ3n) is 2.36. The van der Waals surface area contributed by atoms with E-state index in [0.717, 1.165) is 0 Å². The molecule has 0 unspecified atom stereocenters. The molecule has 0 saturated heterocycles. The van der Waals surface area contributed by atoms with Crippen LogP contribution in [0.15, 0.2) is 29.0 Å². The maximum atomic E-state index is 12.2. The van der Waals surface area contributed by atoms with Gasteiger partial charge in [-0.2, -0.15) is 5.10 Å². The molecule has 1 aromatic heterocycles. The van der Waals surface area contributed by atoms with E-state index in [1.54, 1.807) is 25.2 Å². The summed E-state index contributed by atoms with van der Waals surface area (Å²) in [5.41, 5.74) is 0.518. The quantitative estimate of drug-likeness (QED) is 0.941. The van der Waals surface area contributed by atoms with Crippen molar-refractivity contribution in [2.75, 3.05) is 7.05 Å². The highest BCUT2D eigenvalue weighted by atomic mass is 79.9.